The quantitative estimate of drug-likeness (QED) is 0.859. The van der Waals surface area contributed by atoms with Gasteiger partial charge in [-0.05, 0) is 59.8 Å². The molecule has 20 heavy (non-hydrogen) atoms. The topological polar surface area (TPSA) is 66.8 Å². The van der Waals surface area contributed by atoms with Crippen molar-refractivity contribution < 1.29 is 19.7 Å². The smallest absolute Gasteiger partial charge is 0.306 e. The number of rotatable bonds is 4. The average molecular weight is 364 g/mol. The minimum atomic E-state index is -0.953. The summed E-state index contributed by atoms with van der Waals surface area (Å²) in [5.41, 5.74) is -0.953. The van der Waals surface area contributed by atoms with Crippen molar-refractivity contribution in [2.45, 2.75) is 31.3 Å². The van der Waals surface area contributed by atoms with Gasteiger partial charge in [-0.2, -0.15) is 0 Å². The standard InChI is InChI=1S/C14H16BrClO4/c15-11-7-10(16)1-2-12(11)20-8-14(19)5-3-9(4-6-14)13(17)18/h1-2,7,9,19H,3-6,8H2,(H,17,18). The van der Waals surface area contributed by atoms with Crippen LogP contribution in [0.15, 0.2) is 22.7 Å². The highest BCUT2D eigenvalue weighted by atomic mass is 79.9. The van der Waals surface area contributed by atoms with Crippen LogP contribution in [-0.2, 0) is 4.79 Å². The maximum absolute atomic E-state index is 10.9. The van der Waals surface area contributed by atoms with E-state index in [1.54, 1.807) is 18.2 Å². The molecule has 1 aromatic rings. The van der Waals surface area contributed by atoms with Gasteiger partial charge >= 0.3 is 5.97 Å². The van der Waals surface area contributed by atoms with Gasteiger partial charge in [0.15, 0.2) is 0 Å². The molecule has 0 saturated heterocycles. The van der Waals surface area contributed by atoms with Crippen LogP contribution in [0.3, 0.4) is 0 Å². The van der Waals surface area contributed by atoms with E-state index in [9.17, 15) is 9.90 Å². The second-order valence-corrected chi connectivity index (χ2v) is 6.49. The Morgan fingerprint density at radius 3 is 2.65 bits per heavy atom. The number of ether oxygens (including phenoxy) is 1. The Bertz CT molecular complexity index is 498. The zero-order chi connectivity index (χ0) is 14.8. The molecule has 0 bridgehead atoms. The van der Waals surface area contributed by atoms with Crippen LogP contribution in [0, 0.1) is 5.92 Å². The Morgan fingerprint density at radius 1 is 1.45 bits per heavy atom. The normalized spacial score (nSPS) is 26.2. The Labute approximate surface area is 130 Å². The molecule has 1 aromatic carbocycles. The highest BCUT2D eigenvalue weighted by Crippen LogP contribution is 2.34. The van der Waals surface area contributed by atoms with Crippen molar-refractivity contribution >= 4 is 33.5 Å². The molecule has 0 heterocycles. The van der Waals surface area contributed by atoms with Crippen LogP contribution in [-0.4, -0.2) is 28.4 Å². The first-order chi connectivity index (χ1) is 9.39. The summed E-state index contributed by atoms with van der Waals surface area (Å²) in [5, 5.41) is 20.0. The molecular formula is C14H16BrClO4. The fourth-order valence-corrected chi connectivity index (χ4v) is 3.15. The van der Waals surface area contributed by atoms with Gasteiger partial charge in [0.05, 0.1) is 16.0 Å². The zero-order valence-electron chi connectivity index (χ0n) is 10.8. The molecule has 1 fully saturated rings. The molecule has 0 amide bonds. The summed E-state index contributed by atoms with van der Waals surface area (Å²) in [7, 11) is 0. The van der Waals surface area contributed by atoms with E-state index in [-0.39, 0.29) is 12.5 Å². The molecule has 4 nitrogen and oxygen atoms in total. The minimum absolute atomic E-state index is 0.152. The first-order valence-electron chi connectivity index (χ1n) is 6.43. The maximum Gasteiger partial charge on any atom is 0.306 e. The lowest BCUT2D eigenvalue weighted by molar-refractivity contribution is -0.145. The lowest BCUT2D eigenvalue weighted by Gasteiger charge is -2.34. The van der Waals surface area contributed by atoms with E-state index in [4.69, 9.17) is 21.4 Å². The minimum Gasteiger partial charge on any atom is -0.489 e. The van der Waals surface area contributed by atoms with E-state index < -0.39 is 11.6 Å². The molecule has 1 aliphatic carbocycles. The molecule has 0 aliphatic heterocycles. The van der Waals surface area contributed by atoms with Crippen molar-refractivity contribution in [2.24, 2.45) is 5.92 Å². The number of aliphatic hydroxyl groups is 1. The Hall–Kier alpha value is -0.780. The van der Waals surface area contributed by atoms with E-state index in [1.165, 1.54) is 0 Å². The molecule has 0 atom stereocenters. The summed E-state index contributed by atoms with van der Waals surface area (Å²) >= 11 is 9.20. The molecule has 110 valence electrons. The van der Waals surface area contributed by atoms with E-state index in [0.29, 0.717) is 36.5 Å². The van der Waals surface area contributed by atoms with Crippen LogP contribution >= 0.6 is 27.5 Å². The molecule has 0 spiro atoms. The molecule has 0 unspecified atom stereocenters. The zero-order valence-corrected chi connectivity index (χ0v) is 13.2. The van der Waals surface area contributed by atoms with Crippen molar-refractivity contribution in [3.63, 3.8) is 0 Å². The first-order valence-corrected chi connectivity index (χ1v) is 7.60. The lowest BCUT2D eigenvalue weighted by Crippen LogP contribution is -2.41. The third-order valence-electron chi connectivity index (χ3n) is 3.66. The van der Waals surface area contributed by atoms with Crippen LogP contribution in [0.4, 0.5) is 0 Å². The molecule has 1 aliphatic rings. The van der Waals surface area contributed by atoms with Gasteiger partial charge < -0.3 is 14.9 Å². The summed E-state index contributed by atoms with van der Waals surface area (Å²) in [6.07, 6.45) is 1.85. The van der Waals surface area contributed by atoms with Gasteiger partial charge in [0.1, 0.15) is 12.4 Å². The predicted molar refractivity (Wildman–Crippen MR) is 79.2 cm³/mol. The number of benzene rings is 1. The summed E-state index contributed by atoms with van der Waals surface area (Å²) in [6, 6.07) is 5.17. The van der Waals surface area contributed by atoms with Gasteiger partial charge in [0.2, 0.25) is 0 Å². The molecule has 2 N–H and O–H groups in total. The number of hydrogen-bond donors (Lipinski definition) is 2. The number of carbonyl (C=O) groups is 1. The highest BCUT2D eigenvalue weighted by Gasteiger charge is 2.36. The molecule has 2 rings (SSSR count). The van der Waals surface area contributed by atoms with Crippen molar-refractivity contribution in [2.75, 3.05) is 6.61 Å². The number of carboxylic acids is 1. The van der Waals surface area contributed by atoms with Crippen LogP contribution in [0.25, 0.3) is 0 Å². The van der Waals surface area contributed by atoms with Crippen LogP contribution < -0.4 is 4.74 Å². The van der Waals surface area contributed by atoms with Crippen LogP contribution in [0.1, 0.15) is 25.7 Å². The monoisotopic (exact) mass is 362 g/mol. The third kappa shape index (κ3) is 3.87. The SMILES string of the molecule is O=C(O)C1CCC(O)(COc2ccc(Cl)cc2Br)CC1. The molecule has 0 radical (unpaired) electrons. The number of hydrogen-bond acceptors (Lipinski definition) is 3. The average Bonchev–Trinajstić information content (AvgIpc) is 2.38. The van der Waals surface area contributed by atoms with E-state index >= 15 is 0 Å². The van der Waals surface area contributed by atoms with E-state index in [2.05, 4.69) is 15.9 Å². The fourth-order valence-electron chi connectivity index (χ4n) is 2.35. The molecular weight excluding hydrogens is 348 g/mol. The van der Waals surface area contributed by atoms with Gasteiger partial charge in [-0.15, -0.1) is 0 Å². The second kappa shape index (κ2) is 6.33. The van der Waals surface area contributed by atoms with Crippen molar-refractivity contribution in [1.29, 1.82) is 0 Å². The van der Waals surface area contributed by atoms with Gasteiger partial charge in [-0.1, -0.05) is 11.6 Å². The van der Waals surface area contributed by atoms with E-state index in [0.717, 1.165) is 4.47 Å². The van der Waals surface area contributed by atoms with Crippen LogP contribution in [0.5, 0.6) is 5.75 Å². The number of halogens is 2. The van der Waals surface area contributed by atoms with Gasteiger partial charge in [0, 0.05) is 5.02 Å². The first kappa shape index (κ1) is 15.6. The lowest BCUT2D eigenvalue weighted by atomic mass is 9.79. The summed E-state index contributed by atoms with van der Waals surface area (Å²) in [4.78, 5) is 10.9. The van der Waals surface area contributed by atoms with Gasteiger partial charge in [-0.25, -0.2) is 0 Å². The van der Waals surface area contributed by atoms with Crippen molar-refractivity contribution in [3.8, 4) is 5.75 Å². The van der Waals surface area contributed by atoms with Crippen molar-refractivity contribution in [3.05, 3.63) is 27.7 Å². The Balaban J connectivity index is 1.92. The third-order valence-corrected chi connectivity index (χ3v) is 4.51. The summed E-state index contributed by atoms with van der Waals surface area (Å²) < 4.78 is 6.36. The molecule has 0 aromatic heterocycles. The Kier molecular flexibility index (Phi) is 4.94. The molecule has 1 saturated carbocycles. The van der Waals surface area contributed by atoms with Gasteiger partial charge in [0.25, 0.3) is 0 Å². The largest absolute Gasteiger partial charge is 0.489 e. The summed E-state index contributed by atoms with van der Waals surface area (Å²) in [6.45, 7) is 0.152. The highest BCUT2D eigenvalue weighted by molar-refractivity contribution is 9.10. The summed E-state index contributed by atoms with van der Waals surface area (Å²) in [5.74, 6) is -0.519. The van der Waals surface area contributed by atoms with Crippen LogP contribution in [0.2, 0.25) is 5.02 Å². The van der Waals surface area contributed by atoms with Crippen molar-refractivity contribution in [1.82, 2.24) is 0 Å². The number of carboxylic acid groups (broad SMARTS) is 1. The van der Waals surface area contributed by atoms with Gasteiger partial charge in [-0.3, -0.25) is 4.79 Å². The number of aliphatic carboxylic acids is 1. The second-order valence-electron chi connectivity index (χ2n) is 5.20. The predicted octanol–water partition coefficient (Wildman–Crippen LogP) is 3.49. The molecule has 6 heteroatoms. The fraction of sp³-hybridized carbons (Fsp3) is 0.500. The Morgan fingerprint density at radius 2 is 2.10 bits per heavy atom. The maximum atomic E-state index is 10.9. The van der Waals surface area contributed by atoms with E-state index in [1.807, 2.05) is 0 Å².